The van der Waals surface area contributed by atoms with Crippen molar-refractivity contribution in [1.29, 1.82) is 0 Å². The summed E-state index contributed by atoms with van der Waals surface area (Å²) in [6.45, 7) is 0.797. The lowest BCUT2D eigenvalue weighted by Gasteiger charge is -2.24. The van der Waals surface area contributed by atoms with Crippen molar-refractivity contribution in [3.05, 3.63) is 29.8 Å². The Kier molecular flexibility index (Phi) is 3.38. The highest BCUT2D eigenvalue weighted by Crippen LogP contribution is 2.29. The molecule has 1 saturated carbocycles. The first-order valence-electron chi connectivity index (χ1n) is 5.56. The van der Waals surface area contributed by atoms with E-state index in [9.17, 15) is 4.79 Å². The second-order valence-corrected chi connectivity index (χ2v) is 4.12. The van der Waals surface area contributed by atoms with Gasteiger partial charge in [-0.15, -0.1) is 0 Å². The van der Waals surface area contributed by atoms with Gasteiger partial charge in [0, 0.05) is 5.56 Å². The van der Waals surface area contributed by atoms with Crippen LogP contribution >= 0.6 is 0 Å². The number of hydrogen-bond acceptors (Lipinski definition) is 2. The Morgan fingerprint density at radius 3 is 2.53 bits per heavy atom. The molecule has 1 aliphatic rings. The van der Waals surface area contributed by atoms with Crippen molar-refractivity contribution in [2.45, 2.75) is 25.7 Å². The molecule has 0 atom stereocenters. The van der Waals surface area contributed by atoms with E-state index in [1.165, 1.54) is 19.3 Å². The number of hydrogen-bond donors (Lipinski definition) is 0. The highest BCUT2D eigenvalue weighted by molar-refractivity contribution is 5.74. The van der Waals surface area contributed by atoms with Crippen LogP contribution in [0.15, 0.2) is 24.3 Å². The van der Waals surface area contributed by atoms with E-state index in [1.807, 2.05) is 12.1 Å². The molecule has 2 heteroatoms. The van der Waals surface area contributed by atoms with Gasteiger partial charge in [-0.3, -0.25) is 4.79 Å². The molecule has 1 aromatic carbocycles. The Bertz CT molecular complexity index is 312. The molecule has 0 aromatic heterocycles. The van der Waals surface area contributed by atoms with Crippen molar-refractivity contribution in [3.8, 4) is 5.75 Å². The van der Waals surface area contributed by atoms with E-state index >= 15 is 0 Å². The summed E-state index contributed by atoms with van der Waals surface area (Å²) in [5.41, 5.74) is 0.696. The molecular weight excluding hydrogens is 188 g/mol. The molecular formula is C13H16O2. The van der Waals surface area contributed by atoms with Gasteiger partial charge in [-0.2, -0.15) is 0 Å². The maximum Gasteiger partial charge on any atom is 0.150 e. The fourth-order valence-electron chi connectivity index (χ4n) is 1.77. The van der Waals surface area contributed by atoms with E-state index < -0.39 is 0 Å². The van der Waals surface area contributed by atoms with Gasteiger partial charge in [0.2, 0.25) is 0 Å². The summed E-state index contributed by atoms with van der Waals surface area (Å²) in [4.78, 5) is 10.4. The molecule has 15 heavy (non-hydrogen) atoms. The SMILES string of the molecule is O=Cc1ccc(OCCC2CCC2)cc1. The molecule has 0 aliphatic heterocycles. The van der Waals surface area contributed by atoms with Crippen molar-refractivity contribution in [2.24, 2.45) is 5.92 Å². The molecule has 0 spiro atoms. The Labute approximate surface area is 90.3 Å². The lowest BCUT2D eigenvalue weighted by atomic mass is 9.83. The lowest BCUT2D eigenvalue weighted by molar-refractivity contribution is 0.112. The zero-order chi connectivity index (χ0) is 10.5. The number of carbonyl (C=O) groups excluding carboxylic acids is 1. The second-order valence-electron chi connectivity index (χ2n) is 4.12. The van der Waals surface area contributed by atoms with Crippen molar-refractivity contribution < 1.29 is 9.53 Å². The molecule has 0 saturated heterocycles. The number of ether oxygens (including phenoxy) is 1. The first kappa shape index (κ1) is 10.2. The van der Waals surface area contributed by atoms with Crippen LogP contribution in [0, 0.1) is 5.92 Å². The van der Waals surface area contributed by atoms with Gasteiger partial charge < -0.3 is 4.74 Å². The highest BCUT2D eigenvalue weighted by atomic mass is 16.5. The standard InChI is InChI=1S/C13H16O2/c14-10-12-4-6-13(7-5-12)15-9-8-11-2-1-3-11/h4-7,10-11H,1-3,8-9H2. The molecule has 2 rings (SSSR count). The topological polar surface area (TPSA) is 26.3 Å². The predicted octanol–water partition coefficient (Wildman–Crippen LogP) is 3.07. The summed E-state index contributed by atoms with van der Waals surface area (Å²) in [5.74, 6) is 1.75. The fourth-order valence-corrected chi connectivity index (χ4v) is 1.77. The predicted molar refractivity (Wildman–Crippen MR) is 59.3 cm³/mol. The summed E-state index contributed by atoms with van der Waals surface area (Å²) in [5, 5.41) is 0. The molecule has 0 radical (unpaired) electrons. The van der Waals surface area contributed by atoms with Crippen LogP contribution < -0.4 is 4.74 Å². The molecule has 1 aliphatic carbocycles. The van der Waals surface area contributed by atoms with Gasteiger partial charge in [0.15, 0.2) is 0 Å². The summed E-state index contributed by atoms with van der Waals surface area (Å²) in [6.07, 6.45) is 6.13. The molecule has 0 amide bonds. The number of carbonyl (C=O) groups is 1. The van der Waals surface area contributed by atoms with Gasteiger partial charge in [-0.25, -0.2) is 0 Å². The molecule has 0 heterocycles. The van der Waals surface area contributed by atoms with Gasteiger partial charge in [-0.05, 0) is 36.6 Å². The molecule has 80 valence electrons. The van der Waals surface area contributed by atoms with Crippen molar-refractivity contribution in [2.75, 3.05) is 6.61 Å². The van der Waals surface area contributed by atoms with Gasteiger partial charge in [-0.1, -0.05) is 19.3 Å². The van der Waals surface area contributed by atoms with Gasteiger partial charge >= 0.3 is 0 Å². The minimum absolute atomic E-state index is 0.696. The van der Waals surface area contributed by atoms with E-state index in [0.29, 0.717) is 5.56 Å². The number of aldehydes is 1. The summed E-state index contributed by atoms with van der Waals surface area (Å²) in [7, 11) is 0. The first-order valence-corrected chi connectivity index (χ1v) is 5.56. The van der Waals surface area contributed by atoms with Gasteiger partial charge in [0.25, 0.3) is 0 Å². The van der Waals surface area contributed by atoms with Crippen LogP contribution in [0.3, 0.4) is 0 Å². The van der Waals surface area contributed by atoms with E-state index in [2.05, 4.69) is 0 Å². The largest absolute Gasteiger partial charge is 0.494 e. The molecule has 2 nitrogen and oxygen atoms in total. The Morgan fingerprint density at radius 2 is 2.00 bits per heavy atom. The van der Waals surface area contributed by atoms with Crippen LogP contribution in [0.5, 0.6) is 5.75 Å². The van der Waals surface area contributed by atoms with Crippen LogP contribution in [-0.2, 0) is 0 Å². The molecule has 1 aromatic rings. The third-order valence-corrected chi connectivity index (χ3v) is 3.04. The van der Waals surface area contributed by atoms with Crippen LogP contribution in [0.4, 0.5) is 0 Å². The first-order chi connectivity index (χ1) is 7.38. The minimum atomic E-state index is 0.696. The summed E-state index contributed by atoms with van der Waals surface area (Å²) in [6, 6.07) is 7.27. The Hall–Kier alpha value is -1.31. The molecule has 1 fully saturated rings. The molecule has 0 bridgehead atoms. The van der Waals surface area contributed by atoms with E-state index in [4.69, 9.17) is 4.74 Å². The van der Waals surface area contributed by atoms with Gasteiger partial charge in [0.05, 0.1) is 6.61 Å². The third kappa shape index (κ3) is 2.82. The quantitative estimate of drug-likeness (QED) is 0.689. The average Bonchev–Trinajstić information content (AvgIpc) is 2.23. The Balaban J connectivity index is 1.74. The van der Waals surface area contributed by atoms with Crippen LogP contribution in [0.2, 0.25) is 0 Å². The van der Waals surface area contributed by atoms with E-state index in [0.717, 1.165) is 31.0 Å². The van der Waals surface area contributed by atoms with E-state index in [-0.39, 0.29) is 0 Å². The Morgan fingerprint density at radius 1 is 1.27 bits per heavy atom. The lowest BCUT2D eigenvalue weighted by Crippen LogP contribution is -2.14. The highest BCUT2D eigenvalue weighted by Gasteiger charge is 2.16. The maximum atomic E-state index is 10.4. The third-order valence-electron chi connectivity index (χ3n) is 3.04. The zero-order valence-electron chi connectivity index (χ0n) is 8.82. The number of rotatable bonds is 5. The van der Waals surface area contributed by atoms with Crippen molar-refractivity contribution in [1.82, 2.24) is 0 Å². The molecule has 0 unspecified atom stereocenters. The van der Waals surface area contributed by atoms with E-state index in [1.54, 1.807) is 12.1 Å². The van der Waals surface area contributed by atoms with Crippen LogP contribution in [0.25, 0.3) is 0 Å². The van der Waals surface area contributed by atoms with Crippen molar-refractivity contribution in [3.63, 3.8) is 0 Å². The average molecular weight is 204 g/mol. The number of benzene rings is 1. The minimum Gasteiger partial charge on any atom is -0.494 e. The zero-order valence-corrected chi connectivity index (χ0v) is 8.82. The van der Waals surface area contributed by atoms with Gasteiger partial charge in [0.1, 0.15) is 12.0 Å². The maximum absolute atomic E-state index is 10.4. The van der Waals surface area contributed by atoms with Crippen LogP contribution in [-0.4, -0.2) is 12.9 Å². The second kappa shape index (κ2) is 4.96. The smallest absolute Gasteiger partial charge is 0.150 e. The summed E-state index contributed by atoms with van der Waals surface area (Å²) >= 11 is 0. The van der Waals surface area contributed by atoms with Crippen LogP contribution in [0.1, 0.15) is 36.0 Å². The molecule has 0 N–H and O–H groups in total. The monoisotopic (exact) mass is 204 g/mol. The van der Waals surface area contributed by atoms with Crippen molar-refractivity contribution >= 4 is 6.29 Å². The summed E-state index contributed by atoms with van der Waals surface area (Å²) < 4.78 is 5.60. The fraction of sp³-hybridized carbons (Fsp3) is 0.462. The normalized spacial score (nSPS) is 15.7.